The number of thiazole rings is 1. The van der Waals surface area contributed by atoms with Gasteiger partial charge in [0.15, 0.2) is 4.80 Å². The molecule has 8 heteroatoms. The van der Waals surface area contributed by atoms with Crippen LogP contribution >= 0.6 is 11.3 Å². The van der Waals surface area contributed by atoms with Crippen LogP contribution < -0.4 is 4.80 Å². The van der Waals surface area contributed by atoms with E-state index in [-0.39, 0.29) is 10.8 Å². The van der Waals surface area contributed by atoms with Crippen molar-refractivity contribution < 1.29 is 13.2 Å². The maximum atomic E-state index is 12.9. The minimum atomic E-state index is -3.54. The molecule has 164 valence electrons. The molecule has 1 atom stereocenters. The summed E-state index contributed by atoms with van der Waals surface area (Å²) in [5.41, 5.74) is 3.82. The largest absolute Gasteiger partial charge is 0.319 e. The van der Waals surface area contributed by atoms with E-state index in [1.165, 1.54) is 34.6 Å². The molecule has 0 bridgehead atoms. The molecule has 6 nitrogen and oxygen atoms in total. The molecule has 1 aliphatic heterocycles. The van der Waals surface area contributed by atoms with E-state index in [1.807, 2.05) is 17.7 Å². The summed E-state index contributed by atoms with van der Waals surface area (Å²) in [6.45, 7) is 7.29. The van der Waals surface area contributed by atoms with Crippen LogP contribution in [0.5, 0.6) is 0 Å². The number of aryl methyl sites for hydroxylation is 3. The lowest BCUT2D eigenvalue weighted by molar-refractivity contribution is 0.0998. The first kappa shape index (κ1) is 21.9. The van der Waals surface area contributed by atoms with Gasteiger partial charge in [0.25, 0.3) is 5.91 Å². The fourth-order valence-electron chi connectivity index (χ4n) is 4.07. The molecule has 0 N–H and O–H groups in total. The van der Waals surface area contributed by atoms with E-state index in [0.29, 0.717) is 29.4 Å². The molecule has 0 aliphatic carbocycles. The zero-order valence-electron chi connectivity index (χ0n) is 18.3. The van der Waals surface area contributed by atoms with Gasteiger partial charge in [0, 0.05) is 25.7 Å². The fraction of sp³-hybridized carbons (Fsp3) is 0.391. The molecule has 1 amide bonds. The summed E-state index contributed by atoms with van der Waals surface area (Å²) in [6.07, 6.45) is 1.93. The SMILES string of the molecule is Cc1ccc2sc(=NC(=O)c3ccc(S(=O)(=O)N4CCC[C@H](C)C4)cc3)n(C)c2c1C. The molecule has 0 spiro atoms. The Bertz CT molecular complexity index is 1320. The Kier molecular flexibility index (Phi) is 5.89. The zero-order valence-corrected chi connectivity index (χ0v) is 19.9. The third-order valence-electron chi connectivity index (χ3n) is 6.04. The molecular formula is C23H27N3O3S2. The molecule has 31 heavy (non-hydrogen) atoms. The first-order valence-corrected chi connectivity index (χ1v) is 12.7. The van der Waals surface area contributed by atoms with Crippen molar-refractivity contribution in [1.29, 1.82) is 0 Å². The lowest BCUT2D eigenvalue weighted by Crippen LogP contribution is -2.39. The summed E-state index contributed by atoms with van der Waals surface area (Å²) >= 11 is 1.47. The Morgan fingerprint density at radius 3 is 2.52 bits per heavy atom. The normalized spacial score (nSPS) is 18.6. The van der Waals surface area contributed by atoms with Crippen LogP contribution in [-0.2, 0) is 17.1 Å². The van der Waals surface area contributed by atoms with Crippen molar-refractivity contribution in [1.82, 2.24) is 8.87 Å². The van der Waals surface area contributed by atoms with Crippen molar-refractivity contribution >= 4 is 37.5 Å². The number of sulfonamides is 1. The molecular weight excluding hydrogens is 430 g/mol. The van der Waals surface area contributed by atoms with Gasteiger partial charge in [-0.3, -0.25) is 4.79 Å². The number of aromatic nitrogens is 1. The predicted octanol–water partition coefficient (Wildman–Crippen LogP) is 4.02. The Hall–Kier alpha value is -2.29. The monoisotopic (exact) mass is 457 g/mol. The van der Waals surface area contributed by atoms with E-state index < -0.39 is 10.0 Å². The number of carbonyl (C=O) groups excluding carboxylic acids is 1. The molecule has 1 aliphatic rings. The molecule has 1 saturated heterocycles. The average molecular weight is 458 g/mol. The molecule has 2 heterocycles. The van der Waals surface area contributed by atoms with Gasteiger partial charge in [0.1, 0.15) is 0 Å². The molecule has 0 unspecified atom stereocenters. The van der Waals surface area contributed by atoms with Crippen molar-refractivity contribution in [3.63, 3.8) is 0 Å². The van der Waals surface area contributed by atoms with Gasteiger partial charge in [-0.05, 0) is 74.1 Å². The second kappa shape index (κ2) is 8.33. The van der Waals surface area contributed by atoms with Crippen molar-refractivity contribution in [2.45, 2.75) is 38.5 Å². The average Bonchev–Trinajstić information content (AvgIpc) is 3.06. The Morgan fingerprint density at radius 1 is 1.13 bits per heavy atom. The highest BCUT2D eigenvalue weighted by atomic mass is 32.2. The van der Waals surface area contributed by atoms with Crippen LogP contribution in [0.4, 0.5) is 0 Å². The van der Waals surface area contributed by atoms with Crippen molar-refractivity contribution in [3.8, 4) is 0 Å². The molecule has 0 saturated carbocycles. The van der Waals surface area contributed by atoms with Crippen LogP contribution in [0, 0.1) is 19.8 Å². The lowest BCUT2D eigenvalue weighted by Gasteiger charge is -2.30. The van der Waals surface area contributed by atoms with Crippen LogP contribution in [0.3, 0.4) is 0 Å². The van der Waals surface area contributed by atoms with Gasteiger partial charge < -0.3 is 4.57 Å². The third-order valence-corrected chi connectivity index (χ3v) is 9.02. The molecule has 1 aromatic heterocycles. The zero-order chi connectivity index (χ0) is 22.3. The number of hydrogen-bond acceptors (Lipinski definition) is 4. The topological polar surface area (TPSA) is 71.7 Å². The van der Waals surface area contributed by atoms with Crippen LogP contribution in [0.15, 0.2) is 46.3 Å². The Morgan fingerprint density at radius 2 is 1.84 bits per heavy atom. The molecule has 1 fully saturated rings. The van der Waals surface area contributed by atoms with Gasteiger partial charge >= 0.3 is 0 Å². The number of hydrogen-bond donors (Lipinski definition) is 0. The van der Waals surface area contributed by atoms with Gasteiger partial charge in [-0.1, -0.05) is 24.3 Å². The van der Waals surface area contributed by atoms with Crippen molar-refractivity contribution in [2.24, 2.45) is 18.0 Å². The van der Waals surface area contributed by atoms with E-state index in [0.717, 1.165) is 23.1 Å². The summed E-state index contributed by atoms with van der Waals surface area (Å²) in [5, 5.41) is 0. The number of fused-ring (bicyclic) bond motifs is 1. The molecule has 0 radical (unpaired) electrons. The lowest BCUT2D eigenvalue weighted by atomic mass is 10.0. The van der Waals surface area contributed by atoms with E-state index in [1.54, 1.807) is 16.4 Å². The second-order valence-electron chi connectivity index (χ2n) is 8.35. The summed E-state index contributed by atoms with van der Waals surface area (Å²) < 4.78 is 30.4. The quantitative estimate of drug-likeness (QED) is 0.596. The highest BCUT2D eigenvalue weighted by Gasteiger charge is 2.28. The fourth-order valence-corrected chi connectivity index (χ4v) is 6.74. The number of piperidine rings is 1. The smallest absolute Gasteiger partial charge is 0.279 e. The maximum Gasteiger partial charge on any atom is 0.279 e. The highest BCUT2D eigenvalue weighted by Crippen LogP contribution is 2.25. The Labute approximate surface area is 186 Å². The van der Waals surface area contributed by atoms with Crippen molar-refractivity contribution in [2.75, 3.05) is 13.1 Å². The summed E-state index contributed by atoms with van der Waals surface area (Å²) in [4.78, 5) is 17.9. The number of rotatable bonds is 3. The second-order valence-corrected chi connectivity index (χ2v) is 11.3. The molecule has 4 rings (SSSR count). The summed E-state index contributed by atoms with van der Waals surface area (Å²) in [5.74, 6) is -0.0234. The Balaban J connectivity index is 1.63. The van der Waals surface area contributed by atoms with E-state index in [9.17, 15) is 13.2 Å². The van der Waals surface area contributed by atoms with Gasteiger partial charge in [0.05, 0.1) is 15.1 Å². The first-order valence-electron chi connectivity index (χ1n) is 10.4. The van der Waals surface area contributed by atoms with E-state index >= 15 is 0 Å². The summed E-state index contributed by atoms with van der Waals surface area (Å²) in [7, 11) is -1.63. The van der Waals surface area contributed by atoms with Gasteiger partial charge in [0.2, 0.25) is 10.0 Å². The molecule has 3 aromatic rings. The van der Waals surface area contributed by atoms with E-state index in [2.05, 4.69) is 31.8 Å². The maximum absolute atomic E-state index is 12.9. The minimum Gasteiger partial charge on any atom is -0.319 e. The van der Waals surface area contributed by atoms with Gasteiger partial charge in [-0.25, -0.2) is 8.42 Å². The number of benzene rings is 2. The third kappa shape index (κ3) is 4.12. The number of amides is 1. The minimum absolute atomic E-state index is 0.219. The van der Waals surface area contributed by atoms with Crippen LogP contribution in [-0.4, -0.2) is 36.3 Å². The summed E-state index contributed by atoms with van der Waals surface area (Å²) in [6, 6.07) is 10.2. The highest BCUT2D eigenvalue weighted by molar-refractivity contribution is 7.89. The predicted molar refractivity (Wildman–Crippen MR) is 124 cm³/mol. The standard InChI is InChI=1S/C23H27N3O3S2/c1-15-6-5-13-26(14-15)31(28,29)19-10-8-18(9-11-19)22(27)24-23-25(4)21-17(3)16(2)7-12-20(21)30-23/h7-12,15H,5-6,13-14H2,1-4H3/t15-/m0/s1. The number of nitrogens with zero attached hydrogens (tertiary/aromatic N) is 3. The van der Waals surface area contributed by atoms with Gasteiger partial charge in [-0.2, -0.15) is 9.30 Å². The van der Waals surface area contributed by atoms with E-state index in [4.69, 9.17) is 0 Å². The van der Waals surface area contributed by atoms with Crippen LogP contribution in [0.1, 0.15) is 41.3 Å². The molecule has 2 aromatic carbocycles. The van der Waals surface area contributed by atoms with Crippen molar-refractivity contribution in [3.05, 3.63) is 57.9 Å². The number of carbonyl (C=O) groups is 1. The van der Waals surface area contributed by atoms with Gasteiger partial charge in [-0.15, -0.1) is 0 Å². The van der Waals surface area contributed by atoms with Crippen LogP contribution in [0.25, 0.3) is 10.2 Å². The van der Waals surface area contributed by atoms with Crippen LogP contribution in [0.2, 0.25) is 0 Å². The first-order chi connectivity index (χ1) is 14.7.